The smallest absolute Gasteiger partial charge is 0.252 e. The number of ether oxygens (including phenoxy) is 1. The Morgan fingerprint density at radius 1 is 1.13 bits per heavy atom. The summed E-state index contributed by atoms with van der Waals surface area (Å²) < 4.78 is 7.17. The summed E-state index contributed by atoms with van der Waals surface area (Å²) in [4.78, 5) is 25.1. The zero-order chi connectivity index (χ0) is 21.3. The Kier molecular flexibility index (Phi) is 5.50. The average Bonchev–Trinajstić information content (AvgIpc) is 3.06. The van der Waals surface area contributed by atoms with Crippen molar-refractivity contribution < 1.29 is 14.3 Å². The van der Waals surface area contributed by atoms with E-state index in [2.05, 4.69) is 5.32 Å². The molecule has 4 rings (SSSR count). The molecule has 0 radical (unpaired) electrons. The molecule has 0 saturated carbocycles. The Bertz CT molecular complexity index is 1090. The molecular weight excluding hydrogens is 402 g/mol. The van der Waals surface area contributed by atoms with E-state index in [-0.39, 0.29) is 11.8 Å². The van der Waals surface area contributed by atoms with Gasteiger partial charge in [0.1, 0.15) is 5.75 Å². The van der Waals surface area contributed by atoms with Gasteiger partial charge in [-0.1, -0.05) is 41.9 Å². The number of hydrogen-bond donors (Lipinski definition) is 2. The largest absolute Gasteiger partial charge is 0.497 e. The molecule has 2 heterocycles. The van der Waals surface area contributed by atoms with Gasteiger partial charge in [-0.05, 0) is 36.2 Å². The molecule has 154 valence electrons. The van der Waals surface area contributed by atoms with Gasteiger partial charge in [0.05, 0.1) is 23.4 Å². The predicted octanol–water partition coefficient (Wildman–Crippen LogP) is 4.12. The number of rotatable bonds is 5. The topological polar surface area (TPSA) is 86.3 Å². The quantitative estimate of drug-likeness (QED) is 0.647. The zero-order valence-corrected chi connectivity index (χ0v) is 17.3. The standard InChI is InChI=1S/C23H22ClN3O3/c1-30-17-9-7-16(8-10-17)26-23(29)15-11-12-27-18(13-15)19(22(25)28)20(24)21(27)14-5-3-2-4-6-14/h2-10,15H,11-13H2,1H3,(H2,25,28)(H,26,29). The Hall–Kier alpha value is -3.25. The van der Waals surface area contributed by atoms with E-state index < -0.39 is 5.91 Å². The minimum Gasteiger partial charge on any atom is -0.497 e. The third-order valence-electron chi connectivity index (χ3n) is 5.47. The van der Waals surface area contributed by atoms with Gasteiger partial charge in [-0.25, -0.2) is 0 Å². The molecule has 1 atom stereocenters. The van der Waals surface area contributed by atoms with Crippen LogP contribution in [0, 0.1) is 5.92 Å². The molecule has 3 aromatic rings. The third kappa shape index (κ3) is 3.66. The number of carbonyl (C=O) groups excluding carboxylic acids is 2. The summed E-state index contributed by atoms with van der Waals surface area (Å²) >= 11 is 6.60. The normalized spacial score (nSPS) is 15.3. The van der Waals surface area contributed by atoms with E-state index in [0.717, 1.165) is 17.0 Å². The molecule has 1 aliphatic heterocycles. The van der Waals surface area contributed by atoms with Gasteiger partial charge in [-0.3, -0.25) is 9.59 Å². The molecule has 0 aliphatic carbocycles. The summed E-state index contributed by atoms with van der Waals surface area (Å²) in [5.41, 5.74) is 9.05. The number of halogens is 1. The van der Waals surface area contributed by atoms with E-state index in [9.17, 15) is 9.59 Å². The molecule has 30 heavy (non-hydrogen) atoms. The maximum absolute atomic E-state index is 12.9. The summed E-state index contributed by atoms with van der Waals surface area (Å²) in [6, 6.07) is 16.8. The Morgan fingerprint density at radius 2 is 1.83 bits per heavy atom. The van der Waals surface area contributed by atoms with Gasteiger partial charge in [0.2, 0.25) is 5.91 Å². The number of benzene rings is 2. The van der Waals surface area contributed by atoms with Crippen molar-refractivity contribution in [1.82, 2.24) is 4.57 Å². The van der Waals surface area contributed by atoms with Gasteiger partial charge in [0.25, 0.3) is 5.91 Å². The molecule has 3 N–H and O–H groups in total. The lowest BCUT2D eigenvalue weighted by atomic mass is 9.93. The summed E-state index contributed by atoms with van der Waals surface area (Å²) in [5, 5.41) is 3.29. The summed E-state index contributed by atoms with van der Waals surface area (Å²) in [5.74, 6) is -0.243. The second-order valence-electron chi connectivity index (χ2n) is 7.27. The highest BCUT2D eigenvalue weighted by Gasteiger charge is 2.33. The number of fused-ring (bicyclic) bond motifs is 1. The average molecular weight is 424 g/mol. The number of anilines is 1. The molecule has 1 aliphatic rings. The lowest BCUT2D eigenvalue weighted by Crippen LogP contribution is -2.31. The predicted molar refractivity (Wildman–Crippen MR) is 117 cm³/mol. The van der Waals surface area contributed by atoms with Crippen molar-refractivity contribution in [3.05, 3.63) is 70.9 Å². The first-order chi connectivity index (χ1) is 14.5. The van der Waals surface area contributed by atoms with Crippen LogP contribution >= 0.6 is 11.6 Å². The Morgan fingerprint density at radius 3 is 2.47 bits per heavy atom. The first-order valence-electron chi connectivity index (χ1n) is 9.70. The second-order valence-corrected chi connectivity index (χ2v) is 7.65. The molecule has 0 bridgehead atoms. The molecule has 7 heteroatoms. The van der Waals surface area contributed by atoms with E-state index in [1.807, 2.05) is 34.9 Å². The third-order valence-corrected chi connectivity index (χ3v) is 5.84. The van der Waals surface area contributed by atoms with E-state index in [4.69, 9.17) is 22.1 Å². The van der Waals surface area contributed by atoms with Crippen LogP contribution < -0.4 is 15.8 Å². The number of hydrogen-bond acceptors (Lipinski definition) is 3. The van der Waals surface area contributed by atoms with Gasteiger partial charge in [-0.2, -0.15) is 0 Å². The van der Waals surface area contributed by atoms with Crippen LogP contribution in [-0.2, 0) is 17.8 Å². The molecule has 2 amide bonds. The van der Waals surface area contributed by atoms with Crippen LogP contribution in [0.25, 0.3) is 11.3 Å². The number of nitrogens with zero attached hydrogens (tertiary/aromatic N) is 1. The van der Waals surface area contributed by atoms with Crippen LogP contribution in [0.5, 0.6) is 5.75 Å². The van der Waals surface area contributed by atoms with E-state index in [1.165, 1.54) is 0 Å². The summed E-state index contributed by atoms with van der Waals surface area (Å²) in [6.45, 7) is 0.577. The van der Waals surface area contributed by atoms with Crippen molar-refractivity contribution in [2.45, 2.75) is 19.4 Å². The molecule has 1 unspecified atom stereocenters. The maximum Gasteiger partial charge on any atom is 0.252 e. The van der Waals surface area contributed by atoms with E-state index in [0.29, 0.717) is 41.4 Å². The highest BCUT2D eigenvalue weighted by Crippen LogP contribution is 2.39. The number of nitrogens with two attached hydrogens (primary N) is 1. The first-order valence-corrected chi connectivity index (χ1v) is 10.1. The van der Waals surface area contributed by atoms with Crippen molar-refractivity contribution in [3.8, 4) is 17.0 Å². The minimum absolute atomic E-state index is 0.0968. The van der Waals surface area contributed by atoms with Crippen molar-refractivity contribution >= 4 is 29.1 Å². The highest BCUT2D eigenvalue weighted by atomic mass is 35.5. The van der Waals surface area contributed by atoms with Crippen LogP contribution in [0.1, 0.15) is 22.5 Å². The van der Waals surface area contributed by atoms with Crippen molar-refractivity contribution in [1.29, 1.82) is 0 Å². The monoisotopic (exact) mass is 423 g/mol. The van der Waals surface area contributed by atoms with Crippen molar-refractivity contribution in [2.75, 3.05) is 12.4 Å². The summed E-state index contributed by atoms with van der Waals surface area (Å²) in [7, 11) is 1.59. The van der Waals surface area contributed by atoms with Gasteiger partial charge >= 0.3 is 0 Å². The molecule has 0 spiro atoms. The minimum atomic E-state index is -0.581. The molecule has 1 aromatic heterocycles. The molecule has 0 saturated heterocycles. The zero-order valence-electron chi connectivity index (χ0n) is 16.5. The Labute approximate surface area is 179 Å². The van der Waals surface area contributed by atoms with E-state index >= 15 is 0 Å². The van der Waals surface area contributed by atoms with E-state index in [1.54, 1.807) is 31.4 Å². The van der Waals surface area contributed by atoms with Crippen LogP contribution in [0.2, 0.25) is 5.02 Å². The molecule has 6 nitrogen and oxygen atoms in total. The van der Waals surface area contributed by atoms with Crippen LogP contribution in [0.4, 0.5) is 5.69 Å². The highest BCUT2D eigenvalue weighted by molar-refractivity contribution is 6.36. The van der Waals surface area contributed by atoms with Crippen molar-refractivity contribution in [2.24, 2.45) is 11.7 Å². The number of aromatic nitrogens is 1. The Balaban J connectivity index is 1.63. The van der Waals surface area contributed by atoms with Crippen LogP contribution in [0.3, 0.4) is 0 Å². The first kappa shape index (κ1) is 20.0. The van der Waals surface area contributed by atoms with Gasteiger partial charge in [-0.15, -0.1) is 0 Å². The lowest BCUT2D eigenvalue weighted by Gasteiger charge is -2.25. The van der Waals surface area contributed by atoms with Crippen LogP contribution in [0.15, 0.2) is 54.6 Å². The molecule has 2 aromatic carbocycles. The molecular formula is C23H22ClN3O3. The van der Waals surface area contributed by atoms with Crippen LogP contribution in [-0.4, -0.2) is 23.5 Å². The second kappa shape index (κ2) is 8.24. The number of primary amides is 1. The SMILES string of the molecule is COc1ccc(NC(=O)C2CCn3c(c(C(N)=O)c(Cl)c3-c3ccccc3)C2)cc1. The molecule has 0 fully saturated rings. The fraction of sp³-hybridized carbons (Fsp3) is 0.217. The van der Waals surface area contributed by atoms with Gasteiger partial charge < -0.3 is 20.4 Å². The number of nitrogens with one attached hydrogen (secondary N) is 1. The number of amides is 2. The lowest BCUT2D eigenvalue weighted by molar-refractivity contribution is -0.120. The fourth-order valence-corrected chi connectivity index (χ4v) is 4.40. The van der Waals surface area contributed by atoms with Gasteiger partial charge in [0, 0.05) is 30.3 Å². The van der Waals surface area contributed by atoms with Gasteiger partial charge in [0.15, 0.2) is 0 Å². The number of methoxy groups -OCH3 is 1. The summed E-state index contributed by atoms with van der Waals surface area (Å²) in [6.07, 6.45) is 1.03. The maximum atomic E-state index is 12.9. The number of carbonyl (C=O) groups is 2. The van der Waals surface area contributed by atoms with Crippen molar-refractivity contribution in [3.63, 3.8) is 0 Å². The fourth-order valence-electron chi connectivity index (χ4n) is 3.98.